The molecule has 1 aliphatic heterocycles. The van der Waals surface area contributed by atoms with Gasteiger partial charge in [-0.2, -0.15) is 4.37 Å². The zero-order valence-electron chi connectivity index (χ0n) is 13.0. The number of hydrogen-bond acceptors (Lipinski definition) is 5. The molecule has 1 fully saturated rings. The third kappa shape index (κ3) is 4.04. The maximum Gasteiger partial charge on any atom is 0.223 e. The maximum atomic E-state index is 12.9. The van der Waals surface area contributed by atoms with Gasteiger partial charge in [0.15, 0.2) is 0 Å². The minimum Gasteiger partial charge on any atom is -0.352 e. The topological polar surface area (TPSA) is 58.1 Å². The largest absolute Gasteiger partial charge is 0.352 e. The van der Waals surface area contributed by atoms with Crippen LogP contribution < -0.4 is 10.2 Å². The molecular weight excluding hydrogens is 315 g/mol. The fourth-order valence-corrected chi connectivity index (χ4v) is 3.41. The average Bonchev–Trinajstić information content (AvgIpc) is 3.01. The van der Waals surface area contributed by atoms with Crippen LogP contribution >= 0.6 is 11.5 Å². The first kappa shape index (κ1) is 15.9. The Morgan fingerprint density at radius 1 is 1.35 bits per heavy atom. The fourth-order valence-electron chi connectivity index (χ4n) is 2.68. The molecule has 1 amide bonds. The number of carbonyl (C=O) groups excluding carboxylic acids is 1. The van der Waals surface area contributed by atoms with Crippen molar-refractivity contribution >= 4 is 22.6 Å². The molecule has 7 heteroatoms. The number of nitrogens with zero attached hydrogens (tertiary/aromatic N) is 3. The highest BCUT2D eigenvalue weighted by Gasteiger charge is 2.26. The van der Waals surface area contributed by atoms with E-state index in [0.29, 0.717) is 6.54 Å². The summed E-state index contributed by atoms with van der Waals surface area (Å²) in [5.74, 6) is 0.631. The van der Waals surface area contributed by atoms with Crippen LogP contribution in [-0.4, -0.2) is 28.4 Å². The van der Waals surface area contributed by atoms with Crippen LogP contribution in [0.3, 0.4) is 0 Å². The zero-order valence-corrected chi connectivity index (χ0v) is 13.8. The van der Waals surface area contributed by atoms with Gasteiger partial charge >= 0.3 is 0 Å². The predicted molar refractivity (Wildman–Crippen MR) is 87.8 cm³/mol. The molecule has 5 nitrogen and oxygen atoms in total. The van der Waals surface area contributed by atoms with Gasteiger partial charge in [-0.05, 0) is 37.5 Å². The molecule has 1 aromatic carbocycles. The molecule has 2 aromatic rings. The smallest absolute Gasteiger partial charge is 0.223 e. The van der Waals surface area contributed by atoms with Gasteiger partial charge in [-0.3, -0.25) is 4.79 Å². The fraction of sp³-hybridized carbons (Fsp3) is 0.438. The summed E-state index contributed by atoms with van der Waals surface area (Å²) < 4.78 is 17.1. The molecule has 0 unspecified atom stereocenters. The lowest BCUT2D eigenvalue weighted by Gasteiger charge is -2.30. The van der Waals surface area contributed by atoms with Gasteiger partial charge in [0.05, 0.1) is 0 Å². The lowest BCUT2D eigenvalue weighted by molar-refractivity contribution is -0.125. The van der Waals surface area contributed by atoms with E-state index in [9.17, 15) is 9.18 Å². The van der Waals surface area contributed by atoms with Gasteiger partial charge in [-0.25, -0.2) is 9.37 Å². The number of aryl methyl sites for hydroxylation is 1. The first-order chi connectivity index (χ1) is 11.1. The van der Waals surface area contributed by atoms with Crippen LogP contribution in [0.1, 0.15) is 24.2 Å². The number of benzene rings is 1. The third-order valence-corrected chi connectivity index (χ3v) is 4.90. The van der Waals surface area contributed by atoms with Crippen LogP contribution in [0.25, 0.3) is 0 Å². The van der Waals surface area contributed by atoms with E-state index in [0.717, 1.165) is 42.5 Å². The molecule has 2 heterocycles. The van der Waals surface area contributed by atoms with E-state index >= 15 is 0 Å². The van der Waals surface area contributed by atoms with Crippen LogP contribution in [-0.2, 0) is 11.3 Å². The summed E-state index contributed by atoms with van der Waals surface area (Å²) >= 11 is 1.41. The molecule has 23 heavy (non-hydrogen) atoms. The number of anilines is 1. The van der Waals surface area contributed by atoms with Gasteiger partial charge in [-0.1, -0.05) is 12.1 Å². The van der Waals surface area contributed by atoms with Crippen molar-refractivity contribution in [1.29, 1.82) is 0 Å². The third-order valence-electron chi connectivity index (χ3n) is 4.03. The van der Waals surface area contributed by atoms with Crippen molar-refractivity contribution in [2.75, 3.05) is 18.0 Å². The number of piperidine rings is 1. The number of hydrogen-bond donors (Lipinski definition) is 1. The lowest BCUT2D eigenvalue weighted by Crippen LogP contribution is -2.40. The van der Waals surface area contributed by atoms with E-state index in [1.54, 1.807) is 12.1 Å². The normalized spacial score (nSPS) is 15.7. The molecule has 0 radical (unpaired) electrons. The van der Waals surface area contributed by atoms with Crippen molar-refractivity contribution in [1.82, 2.24) is 14.7 Å². The van der Waals surface area contributed by atoms with Crippen LogP contribution in [0, 0.1) is 18.7 Å². The van der Waals surface area contributed by atoms with Crippen molar-refractivity contribution in [3.05, 3.63) is 41.5 Å². The summed E-state index contributed by atoms with van der Waals surface area (Å²) in [6.45, 7) is 3.97. The number of amides is 1. The highest BCUT2D eigenvalue weighted by Crippen LogP contribution is 2.24. The van der Waals surface area contributed by atoms with Crippen molar-refractivity contribution in [2.24, 2.45) is 5.92 Å². The SMILES string of the molecule is Cc1nsc(N2CCC(C(=O)NCc3ccc(F)cc3)CC2)n1. The second-order valence-corrected chi connectivity index (χ2v) is 6.46. The monoisotopic (exact) mass is 334 g/mol. The Labute approximate surface area is 138 Å². The molecule has 1 N–H and O–H groups in total. The average molecular weight is 334 g/mol. The second-order valence-electron chi connectivity index (χ2n) is 5.73. The molecule has 1 aliphatic rings. The van der Waals surface area contributed by atoms with E-state index in [-0.39, 0.29) is 17.6 Å². The van der Waals surface area contributed by atoms with E-state index in [1.807, 2.05) is 6.92 Å². The van der Waals surface area contributed by atoms with Crippen LogP contribution in [0.4, 0.5) is 9.52 Å². The highest BCUT2D eigenvalue weighted by molar-refractivity contribution is 7.09. The first-order valence-corrected chi connectivity index (χ1v) is 8.46. The molecule has 0 atom stereocenters. The molecule has 0 aliphatic carbocycles. The maximum absolute atomic E-state index is 12.9. The van der Waals surface area contributed by atoms with Gasteiger partial charge in [0, 0.05) is 37.1 Å². The number of halogens is 1. The van der Waals surface area contributed by atoms with Gasteiger partial charge in [0.1, 0.15) is 11.6 Å². The summed E-state index contributed by atoms with van der Waals surface area (Å²) in [4.78, 5) is 18.8. The van der Waals surface area contributed by atoms with E-state index < -0.39 is 0 Å². The quantitative estimate of drug-likeness (QED) is 0.933. The molecule has 0 saturated carbocycles. The minimum absolute atomic E-state index is 0.0284. The number of nitrogens with one attached hydrogen (secondary N) is 1. The minimum atomic E-state index is -0.264. The summed E-state index contributed by atoms with van der Waals surface area (Å²) in [6, 6.07) is 6.19. The molecule has 1 saturated heterocycles. The Hall–Kier alpha value is -2.02. The van der Waals surface area contributed by atoms with Gasteiger partial charge < -0.3 is 10.2 Å². The van der Waals surface area contributed by atoms with Crippen LogP contribution in [0.5, 0.6) is 0 Å². The van der Waals surface area contributed by atoms with Crippen molar-refractivity contribution in [3.63, 3.8) is 0 Å². The molecule has 0 bridgehead atoms. The standard InChI is InChI=1S/C16H19FN4OS/c1-11-19-16(23-20-11)21-8-6-13(7-9-21)15(22)18-10-12-2-4-14(17)5-3-12/h2-5,13H,6-10H2,1H3,(H,18,22). The van der Waals surface area contributed by atoms with Crippen molar-refractivity contribution < 1.29 is 9.18 Å². The number of carbonyl (C=O) groups is 1. The lowest BCUT2D eigenvalue weighted by atomic mass is 9.96. The summed E-state index contributed by atoms with van der Waals surface area (Å²) in [5, 5.41) is 3.88. The van der Waals surface area contributed by atoms with Crippen LogP contribution in [0.2, 0.25) is 0 Å². The van der Waals surface area contributed by atoms with Crippen molar-refractivity contribution in [2.45, 2.75) is 26.3 Å². The Morgan fingerprint density at radius 2 is 2.04 bits per heavy atom. The Morgan fingerprint density at radius 3 is 2.65 bits per heavy atom. The molecule has 3 rings (SSSR count). The first-order valence-electron chi connectivity index (χ1n) is 7.69. The van der Waals surface area contributed by atoms with Crippen LogP contribution in [0.15, 0.2) is 24.3 Å². The van der Waals surface area contributed by atoms with Gasteiger partial charge in [0.2, 0.25) is 11.0 Å². The number of rotatable bonds is 4. The molecule has 0 spiro atoms. The molecular formula is C16H19FN4OS. The Balaban J connectivity index is 1.47. The highest BCUT2D eigenvalue weighted by atomic mass is 32.1. The summed E-state index contributed by atoms with van der Waals surface area (Å²) in [7, 11) is 0. The summed E-state index contributed by atoms with van der Waals surface area (Å²) in [5.41, 5.74) is 0.904. The van der Waals surface area contributed by atoms with E-state index in [1.165, 1.54) is 23.7 Å². The number of aromatic nitrogens is 2. The Bertz CT molecular complexity index is 665. The zero-order chi connectivity index (χ0) is 16.2. The molecule has 122 valence electrons. The van der Waals surface area contributed by atoms with Gasteiger partial charge in [-0.15, -0.1) is 0 Å². The summed E-state index contributed by atoms with van der Waals surface area (Å²) in [6.07, 6.45) is 1.63. The van der Waals surface area contributed by atoms with Crippen molar-refractivity contribution in [3.8, 4) is 0 Å². The molecule has 1 aromatic heterocycles. The van der Waals surface area contributed by atoms with Gasteiger partial charge in [0.25, 0.3) is 0 Å². The second kappa shape index (κ2) is 7.04. The van der Waals surface area contributed by atoms with E-state index in [2.05, 4.69) is 19.6 Å². The predicted octanol–water partition coefficient (Wildman–Crippen LogP) is 2.52. The van der Waals surface area contributed by atoms with E-state index in [4.69, 9.17) is 0 Å². The Kier molecular flexibility index (Phi) is 4.85.